The van der Waals surface area contributed by atoms with E-state index in [1.807, 2.05) is 0 Å². The number of hydrogen-bond acceptors (Lipinski definition) is 2. The van der Waals surface area contributed by atoms with Crippen molar-refractivity contribution >= 4 is 22.9 Å². The second kappa shape index (κ2) is 2.44. The Hall–Kier alpha value is -0.120. The molecule has 0 fully saturated rings. The second-order valence-corrected chi connectivity index (χ2v) is 2.51. The molecular weight excluding hydrogens is 146 g/mol. The van der Waals surface area contributed by atoms with Gasteiger partial charge in [0.15, 0.2) is 0 Å². The second-order valence-electron chi connectivity index (χ2n) is 1.19. The fourth-order valence-corrected chi connectivity index (χ4v) is 1.05. The molecule has 1 atom stereocenters. The number of halogens is 1. The maximum Gasteiger partial charge on any atom is 0.217 e. The first-order valence-corrected chi connectivity index (χ1v) is 3.31. The van der Waals surface area contributed by atoms with Gasteiger partial charge in [-0.3, -0.25) is 0 Å². The van der Waals surface area contributed by atoms with Crippen LogP contribution in [0.5, 0.6) is 0 Å². The molecular formula is C4H3ClNOS. The first-order chi connectivity index (χ1) is 3.80. The van der Waals surface area contributed by atoms with E-state index in [1.165, 1.54) is 11.3 Å². The molecule has 0 aromatic carbocycles. The van der Waals surface area contributed by atoms with Gasteiger partial charge in [-0.1, -0.05) is 11.6 Å². The predicted octanol–water partition coefficient (Wildman–Crippen LogP) is 1.81. The van der Waals surface area contributed by atoms with Crippen LogP contribution in [0.2, 0.25) is 0 Å². The molecule has 0 saturated carbocycles. The molecule has 0 aliphatic carbocycles. The van der Waals surface area contributed by atoms with Crippen LogP contribution in [0.1, 0.15) is 10.6 Å². The van der Waals surface area contributed by atoms with Crippen LogP contribution in [0.25, 0.3) is 0 Å². The molecule has 0 amide bonds. The van der Waals surface area contributed by atoms with E-state index in [-0.39, 0.29) is 0 Å². The number of thiazole rings is 1. The van der Waals surface area contributed by atoms with E-state index in [2.05, 4.69) is 4.98 Å². The summed E-state index contributed by atoms with van der Waals surface area (Å²) in [5, 5.41) is 12.5. The molecule has 43 valence electrons. The zero-order valence-electron chi connectivity index (χ0n) is 3.87. The van der Waals surface area contributed by atoms with Gasteiger partial charge in [0, 0.05) is 11.6 Å². The Kier molecular flexibility index (Phi) is 1.83. The summed E-state index contributed by atoms with van der Waals surface area (Å²) >= 11 is 6.41. The number of hydrogen-bond donors (Lipinski definition) is 0. The number of aromatic nitrogens is 1. The van der Waals surface area contributed by atoms with Gasteiger partial charge in [-0.15, -0.1) is 11.3 Å². The van der Waals surface area contributed by atoms with Gasteiger partial charge in [0.05, 0.1) is 0 Å². The third-order valence-corrected chi connectivity index (χ3v) is 1.80. The van der Waals surface area contributed by atoms with Gasteiger partial charge in [0.25, 0.3) is 0 Å². The Morgan fingerprint density at radius 2 is 2.62 bits per heavy atom. The lowest BCUT2D eigenvalue weighted by Gasteiger charge is -1.87. The molecule has 0 bridgehead atoms. The molecule has 0 aliphatic rings. The van der Waals surface area contributed by atoms with Crippen LogP contribution in [-0.4, -0.2) is 4.98 Å². The summed E-state index contributed by atoms with van der Waals surface area (Å²) in [6, 6.07) is 0. The van der Waals surface area contributed by atoms with Crippen molar-refractivity contribution in [3.8, 4) is 0 Å². The van der Waals surface area contributed by atoms with Crippen molar-refractivity contribution in [2.75, 3.05) is 0 Å². The van der Waals surface area contributed by atoms with Crippen molar-refractivity contribution in [2.45, 2.75) is 5.56 Å². The highest BCUT2D eigenvalue weighted by molar-refractivity contribution is 7.09. The van der Waals surface area contributed by atoms with Crippen molar-refractivity contribution in [3.05, 3.63) is 16.6 Å². The van der Waals surface area contributed by atoms with Crippen LogP contribution in [-0.2, 0) is 5.11 Å². The lowest BCUT2D eigenvalue weighted by molar-refractivity contribution is 0.160. The van der Waals surface area contributed by atoms with Gasteiger partial charge in [0.1, 0.15) is 5.01 Å². The highest BCUT2D eigenvalue weighted by atomic mass is 35.5. The van der Waals surface area contributed by atoms with Crippen molar-refractivity contribution in [1.82, 2.24) is 4.98 Å². The molecule has 8 heavy (non-hydrogen) atoms. The summed E-state index contributed by atoms with van der Waals surface area (Å²) < 4.78 is 0. The Morgan fingerprint density at radius 3 is 2.88 bits per heavy atom. The van der Waals surface area contributed by atoms with E-state index < -0.39 is 5.56 Å². The Morgan fingerprint density at radius 1 is 1.88 bits per heavy atom. The van der Waals surface area contributed by atoms with Crippen molar-refractivity contribution in [3.63, 3.8) is 0 Å². The molecule has 0 spiro atoms. The van der Waals surface area contributed by atoms with Crippen molar-refractivity contribution in [2.24, 2.45) is 0 Å². The number of alkyl halides is 1. The maximum atomic E-state index is 10.3. The highest BCUT2D eigenvalue weighted by Gasteiger charge is 2.04. The zero-order chi connectivity index (χ0) is 5.98. The molecule has 4 heteroatoms. The third-order valence-electron chi connectivity index (χ3n) is 0.646. The van der Waals surface area contributed by atoms with Gasteiger partial charge in [-0.25, -0.2) is 10.1 Å². The Bertz CT molecular complexity index is 151. The minimum absolute atomic E-state index is 0.437. The van der Waals surface area contributed by atoms with Crippen LogP contribution in [0.4, 0.5) is 0 Å². The Balaban J connectivity index is 2.77. The molecule has 2 nitrogen and oxygen atoms in total. The van der Waals surface area contributed by atoms with E-state index in [1.54, 1.807) is 11.6 Å². The number of nitrogens with zero attached hydrogens (tertiary/aromatic N) is 1. The maximum absolute atomic E-state index is 10.3. The van der Waals surface area contributed by atoms with Crippen LogP contribution in [0.3, 0.4) is 0 Å². The van der Waals surface area contributed by atoms with E-state index in [0.717, 1.165) is 0 Å². The van der Waals surface area contributed by atoms with E-state index in [0.29, 0.717) is 5.01 Å². The average Bonchev–Trinajstić information content (AvgIpc) is 2.12. The highest BCUT2D eigenvalue weighted by Crippen LogP contribution is 2.18. The molecule has 1 radical (unpaired) electrons. The van der Waals surface area contributed by atoms with Crippen LogP contribution in [0, 0.1) is 0 Å². The summed E-state index contributed by atoms with van der Waals surface area (Å²) in [6.45, 7) is 0. The van der Waals surface area contributed by atoms with Crippen LogP contribution >= 0.6 is 22.9 Å². The van der Waals surface area contributed by atoms with Crippen molar-refractivity contribution < 1.29 is 5.11 Å². The lowest BCUT2D eigenvalue weighted by atomic mass is 10.7. The van der Waals surface area contributed by atoms with E-state index in [4.69, 9.17) is 11.6 Å². The minimum atomic E-state index is -1.19. The van der Waals surface area contributed by atoms with E-state index >= 15 is 0 Å². The SMILES string of the molecule is [O]C(Cl)c1nccs1. The largest absolute Gasteiger partial charge is 0.245 e. The minimum Gasteiger partial charge on any atom is -0.245 e. The zero-order valence-corrected chi connectivity index (χ0v) is 5.45. The standard InChI is InChI=1S/C4H3ClNOS/c5-3(7)4-6-1-2-8-4/h1-3H. The summed E-state index contributed by atoms with van der Waals surface area (Å²) in [4.78, 5) is 3.69. The molecule has 0 saturated heterocycles. The monoisotopic (exact) mass is 148 g/mol. The molecule has 1 aromatic heterocycles. The fourth-order valence-electron chi connectivity index (χ4n) is 0.347. The third kappa shape index (κ3) is 1.18. The fraction of sp³-hybridized carbons (Fsp3) is 0.250. The first kappa shape index (κ1) is 6.01. The molecule has 1 heterocycles. The lowest BCUT2D eigenvalue weighted by Crippen LogP contribution is -1.80. The molecule has 0 aliphatic heterocycles. The predicted molar refractivity (Wildman–Crippen MR) is 31.4 cm³/mol. The molecule has 0 N–H and O–H groups in total. The number of rotatable bonds is 1. The Labute approximate surface area is 55.8 Å². The summed E-state index contributed by atoms with van der Waals surface area (Å²) in [5.41, 5.74) is -1.19. The average molecular weight is 149 g/mol. The van der Waals surface area contributed by atoms with Gasteiger partial charge in [0.2, 0.25) is 5.56 Å². The normalized spacial score (nSPS) is 13.8. The van der Waals surface area contributed by atoms with E-state index in [9.17, 15) is 5.11 Å². The molecule has 1 rings (SSSR count). The van der Waals surface area contributed by atoms with Crippen LogP contribution < -0.4 is 0 Å². The summed E-state index contributed by atoms with van der Waals surface area (Å²) in [5.74, 6) is 0. The first-order valence-electron chi connectivity index (χ1n) is 2.00. The molecule has 1 aromatic rings. The molecule has 1 unspecified atom stereocenters. The van der Waals surface area contributed by atoms with Gasteiger partial charge in [-0.05, 0) is 0 Å². The van der Waals surface area contributed by atoms with Crippen molar-refractivity contribution in [1.29, 1.82) is 0 Å². The summed E-state index contributed by atoms with van der Waals surface area (Å²) in [6.07, 6.45) is 1.56. The van der Waals surface area contributed by atoms with Crippen LogP contribution in [0.15, 0.2) is 11.6 Å². The van der Waals surface area contributed by atoms with Gasteiger partial charge < -0.3 is 0 Å². The summed E-state index contributed by atoms with van der Waals surface area (Å²) in [7, 11) is 0. The van der Waals surface area contributed by atoms with Gasteiger partial charge >= 0.3 is 0 Å². The smallest absolute Gasteiger partial charge is 0.217 e. The van der Waals surface area contributed by atoms with Gasteiger partial charge in [-0.2, -0.15) is 0 Å². The topological polar surface area (TPSA) is 32.8 Å². The quantitative estimate of drug-likeness (QED) is 0.559.